The minimum absolute atomic E-state index is 0.788. The third kappa shape index (κ3) is 1.22. The van der Waals surface area contributed by atoms with Crippen LogP contribution >= 0.6 is 0 Å². The van der Waals surface area contributed by atoms with Gasteiger partial charge in [0, 0.05) is 22.2 Å². The van der Waals surface area contributed by atoms with Crippen molar-refractivity contribution in [1.82, 2.24) is 4.98 Å². The molecular formula is C10H12N2O. The summed E-state index contributed by atoms with van der Waals surface area (Å²) in [5.74, 6) is 0. The summed E-state index contributed by atoms with van der Waals surface area (Å²) in [6.45, 7) is 1.91. The maximum absolute atomic E-state index is 9.35. The van der Waals surface area contributed by atoms with Crippen LogP contribution in [0.15, 0.2) is 24.3 Å². The van der Waals surface area contributed by atoms with Crippen molar-refractivity contribution in [3.8, 4) is 0 Å². The molecule has 0 amide bonds. The standard InChI is InChI=1S/C10H12N2O/c1-6-9(10(11)13)7-4-2-3-5-8(7)12-6/h2-5,10,12-13H,11H2,1H3. The maximum atomic E-state index is 9.35. The van der Waals surface area contributed by atoms with Crippen molar-refractivity contribution < 1.29 is 5.11 Å². The van der Waals surface area contributed by atoms with E-state index in [1.807, 2.05) is 31.2 Å². The van der Waals surface area contributed by atoms with Gasteiger partial charge in [0.15, 0.2) is 0 Å². The fourth-order valence-electron chi connectivity index (χ4n) is 1.68. The maximum Gasteiger partial charge on any atom is 0.130 e. The Hall–Kier alpha value is -1.32. The Labute approximate surface area is 76.2 Å². The number of hydrogen-bond acceptors (Lipinski definition) is 2. The van der Waals surface area contributed by atoms with Crippen LogP contribution in [0.25, 0.3) is 10.9 Å². The van der Waals surface area contributed by atoms with Crippen molar-refractivity contribution >= 4 is 10.9 Å². The highest BCUT2D eigenvalue weighted by atomic mass is 16.3. The largest absolute Gasteiger partial charge is 0.374 e. The number of H-pyrrole nitrogens is 1. The number of nitrogens with one attached hydrogen (secondary N) is 1. The van der Waals surface area contributed by atoms with Gasteiger partial charge in [0.05, 0.1) is 0 Å². The molecule has 2 rings (SSSR count). The monoisotopic (exact) mass is 176 g/mol. The van der Waals surface area contributed by atoms with Crippen LogP contribution in [0.5, 0.6) is 0 Å². The highest BCUT2D eigenvalue weighted by molar-refractivity contribution is 5.84. The van der Waals surface area contributed by atoms with Crippen LogP contribution in [0.1, 0.15) is 17.5 Å². The zero-order chi connectivity index (χ0) is 9.42. The quantitative estimate of drug-likeness (QED) is 0.575. The van der Waals surface area contributed by atoms with E-state index in [1.54, 1.807) is 0 Å². The number of aromatic nitrogens is 1. The number of hydrogen-bond donors (Lipinski definition) is 3. The summed E-state index contributed by atoms with van der Waals surface area (Å²) >= 11 is 0. The van der Waals surface area contributed by atoms with Crippen molar-refractivity contribution in [1.29, 1.82) is 0 Å². The number of aryl methyl sites for hydroxylation is 1. The summed E-state index contributed by atoms with van der Waals surface area (Å²) < 4.78 is 0. The first-order valence-corrected chi connectivity index (χ1v) is 4.21. The van der Waals surface area contributed by atoms with Gasteiger partial charge in [0.2, 0.25) is 0 Å². The molecule has 0 aliphatic carbocycles. The molecule has 0 spiro atoms. The summed E-state index contributed by atoms with van der Waals surface area (Å²) in [5, 5.41) is 10.3. The molecule has 0 fully saturated rings. The Morgan fingerprint density at radius 1 is 1.38 bits per heavy atom. The molecule has 1 aromatic heterocycles. The molecule has 2 aromatic rings. The fourth-order valence-corrected chi connectivity index (χ4v) is 1.68. The van der Waals surface area contributed by atoms with Gasteiger partial charge in [-0.25, -0.2) is 0 Å². The number of fused-ring (bicyclic) bond motifs is 1. The molecule has 0 aliphatic heterocycles. The highest BCUT2D eigenvalue weighted by Crippen LogP contribution is 2.24. The van der Waals surface area contributed by atoms with E-state index in [9.17, 15) is 5.11 Å². The predicted octanol–water partition coefficient (Wildman–Crippen LogP) is 1.43. The normalized spacial score (nSPS) is 13.5. The van der Waals surface area contributed by atoms with E-state index in [-0.39, 0.29) is 0 Å². The van der Waals surface area contributed by atoms with Crippen molar-refractivity contribution in [2.24, 2.45) is 5.73 Å². The van der Waals surface area contributed by atoms with Crippen molar-refractivity contribution in [2.45, 2.75) is 13.2 Å². The van der Waals surface area contributed by atoms with Gasteiger partial charge in [-0.3, -0.25) is 0 Å². The fraction of sp³-hybridized carbons (Fsp3) is 0.200. The van der Waals surface area contributed by atoms with E-state index >= 15 is 0 Å². The van der Waals surface area contributed by atoms with Gasteiger partial charge < -0.3 is 15.8 Å². The van der Waals surface area contributed by atoms with Gasteiger partial charge in [0.1, 0.15) is 6.23 Å². The number of aromatic amines is 1. The zero-order valence-corrected chi connectivity index (χ0v) is 7.41. The Balaban J connectivity index is 2.78. The highest BCUT2D eigenvalue weighted by Gasteiger charge is 2.11. The molecule has 0 aliphatic rings. The van der Waals surface area contributed by atoms with Crippen LogP contribution in [-0.4, -0.2) is 10.1 Å². The SMILES string of the molecule is Cc1[nH]c2ccccc2c1C(N)O. The molecule has 0 saturated heterocycles. The lowest BCUT2D eigenvalue weighted by Crippen LogP contribution is -2.09. The van der Waals surface area contributed by atoms with Crippen molar-refractivity contribution in [3.63, 3.8) is 0 Å². The van der Waals surface area contributed by atoms with Gasteiger partial charge in [0.25, 0.3) is 0 Å². The summed E-state index contributed by atoms with van der Waals surface area (Å²) in [6, 6.07) is 7.80. The lowest BCUT2D eigenvalue weighted by molar-refractivity contribution is 0.187. The summed E-state index contributed by atoms with van der Waals surface area (Å²) in [5.41, 5.74) is 8.19. The first kappa shape index (κ1) is 8.29. The van der Waals surface area contributed by atoms with Gasteiger partial charge in [-0.05, 0) is 13.0 Å². The molecule has 1 heterocycles. The molecule has 0 bridgehead atoms. The van der Waals surface area contributed by atoms with E-state index < -0.39 is 6.23 Å². The molecule has 68 valence electrons. The first-order valence-electron chi connectivity index (χ1n) is 4.21. The predicted molar refractivity (Wildman–Crippen MR) is 52.2 cm³/mol. The molecule has 1 aromatic carbocycles. The summed E-state index contributed by atoms with van der Waals surface area (Å²) in [7, 11) is 0. The van der Waals surface area contributed by atoms with Gasteiger partial charge in [-0.2, -0.15) is 0 Å². The average Bonchev–Trinajstić information content (AvgIpc) is 2.39. The second kappa shape index (κ2) is 2.87. The summed E-state index contributed by atoms with van der Waals surface area (Å²) in [4.78, 5) is 3.17. The molecule has 3 heteroatoms. The molecular weight excluding hydrogens is 164 g/mol. The minimum atomic E-state index is -0.906. The first-order chi connectivity index (χ1) is 6.20. The lowest BCUT2D eigenvalue weighted by atomic mass is 10.1. The van der Waals surface area contributed by atoms with E-state index in [0.717, 1.165) is 22.2 Å². The summed E-state index contributed by atoms with van der Waals surface area (Å²) in [6.07, 6.45) is -0.906. The number of rotatable bonds is 1. The lowest BCUT2D eigenvalue weighted by Gasteiger charge is -2.03. The van der Waals surface area contributed by atoms with E-state index in [2.05, 4.69) is 4.98 Å². The Bertz CT molecular complexity index is 431. The smallest absolute Gasteiger partial charge is 0.130 e. The number of benzene rings is 1. The Morgan fingerprint density at radius 2 is 2.08 bits per heavy atom. The molecule has 0 saturated carbocycles. The van der Waals surface area contributed by atoms with Crippen LogP contribution in [0.3, 0.4) is 0 Å². The van der Waals surface area contributed by atoms with Gasteiger partial charge in [-0.1, -0.05) is 18.2 Å². The van der Waals surface area contributed by atoms with Gasteiger partial charge in [-0.15, -0.1) is 0 Å². The molecule has 3 nitrogen and oxygen atoms in total. The Morgan fingerprint density at radius 3 is 2.77 bits per heavy atom. The van der Waals surface area contributed by atoms with Crippen molar-refractivity contribution in [3.05, 3.63) is 35.5 Å². The Kier molecular flexibility index (Phi) is 1.83. The van der Waals surface area contributed by atoms with Crippen LogP contribution in [0, 0.1) is 6.92 Å². The van der Waals surface area contributed by atoms with Crippen LogP contribution < -0.4 is 5.73 Å². The topological polar surface area (TPSA) is 62.0 Å². The van der Waals surface area contributed by atoms with E-state index in [4.69, 9.17) is 5.73 Å². The van der Waals surface area contributed by atoms with E-state index in [0.29, 0.717) is 0 Å². The number of nitrogens with two attached hydrogens (primary N) is 1. The number of aliphatic hydroxyl groups excluding tert-OH is 1. The molecule has 4 N–H and O–H groups in total. The van der Waals surface area contributed by atoms with Crippen LogP contribution in [-0.2, 0) is 0 Å². The third-order valence-corrected chi connectivity index (χ3v) is 2.24. The molecule has 13 heavy (non-hydrogen) atoms. The van der Waals surface area contributed by atoms with Gasteiger partial charge >= 0.3 is 0 Å². The van der Waals surface area contributed by atoms with E-state index in [1.165, 1.54) is 0 Å². The third-order valence-electron chi connectivity index (χ3n) is 2.24. The zero-order valence-electron chi connectivity index (χ0n) is 7.41. The van der Waals surface area contributed by atoms with Crippen LogP contribution in [0.4, 0.5) is 0 Å². The second-order valence-corrected chi connectivity index (χ2v) is 3.15. The van der Waals surface area contributed by atoms with Crippen molar-refractivity contribution in [2.75, 3.05) is 0 Å². The molecule has 1 unspecified atom stereocenters. The number of para-hydroxylation sites is 1. The average molecular weight is 176 g/mol. The molecule has 1 atom stereocenters. The van der Waals surface area contributed by atoms with Crippen LogP contribution in [0.2, 0.25) is 0 Å². The second-order valence-electron chi connectivity index (χ2n) is 3.15. The minimum Gasteiger partial charge on any atom is -0.374 e. The molecule has 0 radical (unpaired) electrons. The number of aliphatic hydroxyl groups is 1.